The number of carbonyl (C=O) groups excluding carboxylic acids is 1. The van der Waals surface area contributed by atoms with E-state index in [1.807, 2.05) is 13.8 Å². The van der Waals surface area contributed by atoms with E-state index in [-0.39, 0.29) is 30.0 Å². The monoisotopic (exact) mass is 349 g/mol. The van der Waals surface area contributed by atoms with Crippen LogP contribution in [0.2, 0.25) is 0 Å². The quantitative estimate of drug-likeness (QED) is 0.864. The summed E-state index contributed by atoms with van der Waals surface area (Å²) < 4.78 is 25.1. The summed E-state index contributed by atoms with van der Waals surface area (Å²) in [7, 11) is -2.97. The van der Waals surface area contributed by atoms with Gasteiger partial charge in [-0.3, -0.25) is 9.48 Å². The van der Waals surface area contributed by atoms with Gasteiger partial charge >= 0.3 is 0 Å². The zero-order valence-electron chi connectivity index (χ0n) is 10.8. The van der Waals surface area contributed by atoms with Gasteiger partial charge in [-0.1, -0.05) is 0 Å². The minimum Gasteiger partial charge on any atom is -0.351 e. The Labute approximate surface area is 120 Å². The van der Waals surface area contributed by atoms with Crippen molar-refractivity contribution in [1.82, 2.24) is 15.1 Å². The highest BCUT2D eigenvalue weighted by Gasteiger charge is 2.29. The molecule has 0 radical (unpaired) electrons. The maximum absolute atomic E-state index is 11.9. The number of nitrogens with one attached hydrogen (secondary N) is 1. The van der Waals surface area contributed by atoms with Crippen LogP contribution in [0.4, 0.5) is 0 Å². The lowest BCUT2D eigenvalue weighted by Crippen LogP contribution is -2.38. The molecule has 0 bridgehead atoms. The summed E-state index contributed by atoms with van der Waals surface area (Å²) in [6.07, 6.45) is 0.495. The lowest BCUT2D eigenvalue weighted by Gasteiger charge is -2.11. The molecule has 8 heteroatoms. The SMILES string of the molecule is Cc1nn(CC(=O)N[C@H]2CCS(=O)(=O)C2)c(C)c1Br. The van der Waals surface area contributed by atoms with E-state index in [1.54, 1.807) is 4.68 Å². The topological polar surface area (TPSA) is 81.1 Å². The number of sulfone groups is 1. The molecular weight excluding hydrogens is 334 g/mol. The van der Waals surface area contributed by atoms with Gasteiger partial charge in [-0.15, -0.1) is 0 Å². The Balaban J connectivity index is 1.97. The zero-order chi connectivity index (χ0) is 14.2. The minimum atomic E-state index is -2.97. The molecule has 1 amide bonds. The Bertz CT molecular complexity index is 609. The first-order valence-corrected chi connectivity index (χ1v) is 8.59. The Morgan fingerprint density at radius 1 is 1.53 bits per heavy atom. The Hall–Kier alpha value is -0.890. The van der Waals surface area contributed by atoms with Gasteiger partial charge in [0.1, 0.15) is 6.54 Å². The van der Waals surface area contributed by atoms with Crippen molar-refractivity contribution in [3.63, 3.8) is 0 Å². The van der Waals surface area contributed by atoms with E-state index in [1.165, 1.54) is 0 Å². The number of hydrogen-bond acceptors (Lipinski definition) is 4. The molecule has 0 spiro atoms. The number of aryl methyl sites for hydroxylation is 1. The van der Waals surface area contributed by atoms with Gasteiger partial charge in [-0.25, -0.2) is 8.42 Å². The van der Waals surface area contributed by atoms with Crippen molar-refractivity contribution in [1.29, 1.82) is 0 Å². The first-order valence-electron chi connectivity index (χ1n) is 5.98. The zero-order valence-corrected chi connectivity index (χ0v) is 13.2. The molecule has 19 heavy (non-hydrogen) atoms. The van der Waals surface area contributed by atoms with Crippen LogP contribution in [0, 0.1) is 13.8 Å². The summed E-state index contributed by atoms with van der Waals surface area (Å²) in [5.74, 6) is -0.0108. The van der Waals surface area contributed by atoms with Gasteiger partial charge in [-0.05, 0) is 36.2 Å². The summed E-state index contributed by atoms with van der Waals surface area (Å²) in [5, 5.41) is 6.99. The number of amides is 1. The predicted octanol–water partition coefficient (Wildman–Crippen LogP) is 0.566. The van der Waals surface area contributed by atoms with Crippen molar-refractivity contribution in [2.75, 3.05) is 11.5 Å². The maximum atomic E-state index is 11.9. The number of halogens is 1. The van der Waals surface area contributed by atoms with Crippen LogP contribution in [-0.4, -0.2) is 41.7 Å². The van der Waals surface area contributed by atoms with E-state index in [2.05, 4.69) is 26.3 Å². The second-order valence-corrected chi connectivity index (χ2v) is 7.83. The molecule has 0 aromatic carbocycles. The van der Waals surface area contributed by atoms with Crippen LogP contribution < -0.4 is 5.32 Å². The minimum absolute atomic E-state index is 0.0412. The van der Waals surface area contributed by atoms with Gasteiger partial charge in [0.2, 0.25) is 5.91 Å². The third-order valence-corrected chi connectivity index (χ3v) is 6.10. The van der Waals surface area contributed by atoms with Gasteiger partial charge in [0.25, 0.3) is 0 Å². The number of carbonyl (C=O) groups is 1. The smallest absolute Gasteiger partial charge is 0.241 e. The molecule has 6 nitrogen and oxygen atoms in total. The molecule has 2 heterocycles. The Morgan fingerprint density at radius 3 is 2.68 bits per heavy atom. The molecule has 1 saturated heterocycles. The van der Waals surface area contributed by atoms with Gasteiger partial charge in [0.05, 0.1) is 27.4 Å². The van der Waals surface area contributed by atoms with Crippen LogP contribution in [0.25, 0.3) is 0 Å². The third-order valence-electron chi connectivity index (χ3n) is 3.18. The molecular formula is C11H16BrN3O3S. The van der Waals surface area contributed by atoms with Gasteiger partial charge < -0.3 is 5.32 Å². The second-order valence-electron chi connectivity index (χ2n) is 4.81. The fraction of sp³-hybridized carbons (Fsp3) is 0.636. The predicted molar refractivity (Wildman–Crippen MR) is 74.6 cm³/mol. The highest BCUT2D eigenvalue weighted by Crippen LogP contribution is 2.19. The highest BCUT2D eigenvalue weighted by molar-refractivity contribution is 9.10. The fourth-order valence-electron chi connectivity index (χ4n) is 2.15. The van der Waals surface area contributed by atoms with Crippen molar-refractivity contribution in [2.24, 2.45) is 0 Å². The molecule has 1 aromatic heterocycles. The van der Waals surface area contributed by atoms with E-state index in [0.29, 0.717) is 6.42 Å². The van der Waals surface area contributed by atoms with Crippen molar-refractivity contribution >= 4 is 31.7 Å². The average Bonchev–Trinajstić information content (AvgIpc) is 2.75. The highest BCUT2D eigenvalue weighted by atomic mass is 79.9. The van der Waals surface area contributed by atoms with Crippen LogP contribution >= 0.6 is 15.9 Å². The molecule has 1 atom stereocenters. The second kappa shape index (κ2) is 5.24. The molecule has 1 fully saturated rings. The van der Waals surface area contributed by atoms with Crippen molar-refractivity contribution in [2.45, 2.75) is 32.9 Å². The number of hydrogen-bond donors (Lipinski definition) is 1. The number of nitrogens with zero attached hydrogens (tertiary/aromatic N) is 2. The normalized spacial score (nSPS) is 21.5. The molecule has 0 saturated carbocycles. The van der Waals surface area contributed by atoms with Gasteiger partial charge in [0.15, 0.2) is 9.84 Å². The molecule has 1 aromatic rings. The van der Waals surface area contributed by atoms with Crippen LogP contribution in [0.15, 0.2) is 4.47 Å². The van der Waals surface area contributed by atoms with E-state index in [0.717, 1.165) is 15.9 Å². The molecule has 1 aliphatic heterocycles. The molecule has 106 valence electrons. The maximum Gasteiger partial charge on any atom is 0.241 e. The molecule has 0 aliphatic carbocycles. The van der Waals surface area contributed by atoms with Crippen molar-refractivity contribution in [3.05, 3.63) is 15.9 Å². The lowest BCUT2D eigenvalue weighted by molar-refractivity contribution is -0.122. The summed E-state index contributed by atoms with van der Waals surface area (Å²) >= 11 is 3.40. The third kappa shape index (κ3) is 3.36. The van der Waals surface area contributed by atoms with Crippen LogP contribution in [0.5, 0.6) is 0 Å². The largest absolute Gasteiger partial charge is 0.351 e. The number of rotatable bonds is 3. The van der Waals surface area contributed by atoms with Crippen molar-refractivity contribution < 1.29 is 13.2 Å². The summed E-state index contributed by atoms with van der Waals surface area (Å²) in [5.41, 5.74) is 1.71. The van der Waals surface area contributed by atoms with Crippen LogP contribution in [0.3, 0.4) is 0 Å². The van der Waals surface area contributed by atoms with E-state index in [9.17, 15) is 13.2 Å². The first-order chi connectivity index (χ1) is 8.78. The summed E-state index contributed by atoms with van der Waals surface area (Å²) in [6, 6.07) is -0.266. The average molecular weight is 350 g/mol. The molecule has 1 aliphatic rings. The Morgan fingerprint density at radius 2 is 2.21 bits per heavy atom. The Kier molecular flexibility index (Phi) is 4.00. The summed E-state index contributed by atoms with van der Waals surface area (Å²) in [6.45, 7) is 3.83. The number of aromatic nitrogens is 2. The standard InChI is InChI=1S/C11H16BrN3O3S/c1-7-11(12)8(2)15(14-7)5-10(16)13-9-3-4-19(17,18)6-9/h9H,3-6H2,1-2H3,(H,13,16)/t9-/m0/s1. The van der Waals surface area contributed by atoms with E-state index >= 15 is 0 Å². The molecule has 0 unspecified atom stereocenters. The fourth-order valence-corrected chi connectivity index (χ4v) is 4.10. The van der Waals surface area contributed by atoms with Gasteiger partial charge in [-0.2, -0.15) is 5.10 Å². The summed E-state index contributed by atoms with van der Waals surface area (Å²) in [4.78, 5) is 11.9. The molecule has 2 rings (SSSR count). The first kappa shape index (κ1) is 14.5. The van der Waals surface area contributed by atoms with Crippen LogP contribution in [-0.2, 0) is 21.2 Å². The van der Waals surface area contributed by atoms with Gasteiger partial charge in [0, 0.05) is 6.04 Å². The van der Waals surface area contributed by atoms with E-state index < -0.39 is 9.84 Å². The van der Waals surface area contributed by atoms with Crippen molar-refractivity contribution in [3.8, 4) is 0 Å². The lowest BCUT2D eigenvalue weighted by atomic mass is 10.2. The van der Waals surface area contributed by atoms with Crippen LogP contribution in [0.1, 0.15) is 17.8 Å². The van der Waals surface area contributed by atoms with E-state index in [4.69, 9.17) is 0 Å². The molecule has 1 N–H and O–H groups in total.